The van der Waals surface area contributed by atoms with Gasteiger partial charge in [0.25, 0.3) is 0 Å². The van der Waals surface area contributed by atoms with Gasteiger partial charge < -0.3 is 5.32 Å². The Morgan fingerprint density at radius 2 is 2.25 bits per heavy atom. The summed E-state index contributed by atoms with van der Waals surface area (Å²) in [5.74, 6) is 2.40. The number of hydrogen-bond acceptors (Lipinski definition) is 4. The molecule has 1 aromatic carbocycles. The van der Waals surface area contributed by atoms with Crippen LogP contribution in [0.25, 0.3) is 5.69 Å². The summed E-state index contributed by atoms with van der Waals surface area (Å²) in [6.45, 7) is 1.05. The van der Waals surface area contributed by atoms with Crippen LogP contribution in [-0.4, -0.2) is 26.8 Å². The fraction of sp³-hybridized carbons (Fsp3) is 0.400. The molecular formula is C15H17N5. The molecule has 1 heterocycles. The quantitative estimate of drug-likeness (QED) is 0.863. The minimum Gasteiger partial charge on any atom is -0.385 e. The van der Waals surface area contributed by atoms with Crippen molar-refractivity contribution in [1.82, 2.24) is 20.2 Å². The van der Waals surface area contributed by atoms with Crippen LogP contribution < -0.4 is 5.32 Å². The molecule has 2 aliphatic carbocycles. The van der Waals surface area contributed by atoms with Crippen LogP contribution in [0.3, 0.4) is 0 Å². The fourth-order valence-corrected chi connectivity index (χ4v) is 3.42. The molecule has 1 saturated carbocycles. The van der Waals surface area contributed by atoms with Crippen LogP contribution in [0.2, 0.25) is 0 Å². The fourth-order valence-electron chi connectivity index (χ4n) is 3.42. The Bertz CT molecular complexity index is 619. The Morgan fingerprint density at radius 3 is 3.00 bits per heavy atom. The van der Waals surface area contributed by atoms with E-state index >= 15 is 0 Å². The highest BCUT2D eigenvalue weighted by Gasteiger charge is 2.35. The lowest BCUT2D eigenvalue weighted by atomic mass is 9.93. The summed E-state index contributed by atoms with van der Waals surface area (Å²) in [5, 5.41) is 14.8. The van der Waals surface area contributed by atoms with Crippen LogP contribution in [-0.2, 0) is 0 Å². The molecular weight excluding hydrogens is 250 g/mol. The predicted octanol–water partition coefficient (Wildman–Crippen LogP) is 2.29. The van der Waals surface area contributed by atoms with Crippen molar-refractivity contribution < 1.29 is 0 Å². The second kappa shape index (κ2) is 4.74. The van der Waals surface area contributed by atoms with Gasteiger partial charge in [0, 0.05) is 12.2 Å². The van der Waals surface area contributed by atoms with Crippen molar-refractivity contribution in [1.29, 1.82) is 0 Å². The maximum absolute atomic E-state index is 3.91. The molecule has 2 bridgehead atoms. The van der Waals surface area contributed by atoms with E-state index in [1.165, 1.54) is 12.8 Å². The third-order valence-corrected chi connectivity index (χ3v) is 4.44. The number of benzene rings is 1. The lowest BCUT2D eigenvalue weighted by Gasteiger charge is -2.19. The zero-order valence-electron chi connectivity index (χ0n) is 11.2. The highest BCUT2D eigenvalue weighted by molar-refractivity contribution is 5.50. The van der Waals surface area contributed by atoms with E-state index in [0.717, 1.165) is 35.7 Å². The average Bonchev–Trinajstić information content (AvgIpc) is 3.22. The molecule has 0 radical (unpaired) electrons. The molecule has 20 heavy (non-hydrogen) atoms. The molecule has 0 saturated heterocycles. The van der Waals surface area contributed by atoms with E-state index in [1.54, 1.807) is 11.0 Å². The van der Waals surface area contributed by atoms with Crippen molar-refractivity contribution in [3.8, 4) is 5.69 Å². The number of aromatic nitrogens is 4. The summed E-state index contributed by atoms with van der Waals surface area (Å²) in [6.07, 6.45) is 9.09. The second-order valence-electron chi connectivity index (χ2n) is 5.73. The Hall–Kier alpha value is -2.17. The number of rotatable bonds is 4. The first kappa shape index (κ1) is 11.6. The molecule has 0 aliphatic heterocycles. The normalized spacial score (nSPS) is 27.1. The minimum absolute atomic E-state index is 0.779. The van der Waals surface area contributed by atoms with Gasteiger partial charge in [-0.05, 0) is 59.2 Å². The van der Waals surface area contributed by atoms with E-state index in [4.69, 9.17) is 0 Å². The highest BCUT2D eigenvalue weighted by Crippen LogP contribution is 2.43. The summed E-state index contributed by atoms with van der Waals surface area (Å²) < 4.78 is 1.67. The van der Waals surface area contributed by atoms with Crippen molar-refractivity contribution in [2.75, 3.05) is 11.9 Å². The molecule has 2 aliphatic rings. The number of anilines is 1. The third kappa shape index (κ3) is 2.09. The molecule has 0 amide bonds. The third-order valence-electron chi connectivity index (χ3n) is 4.44. The van der Waals surface area contributed by atoms with Crippen LogP contribution in [0.15, 0.2) is 42.7 Å². The molecule has 3 unspecified atom stereocenters. The second-order valence-corrected chi connectivity index (χ2v) is 5.73. The maximum Gasteiger partial charge on any atom is 0.143 e. The van der Waals surface area contributed by atoms with Crippen LogP contribution in [0.1, 0.15) is 12.8 Å². The van der Waals surface area contributed by atoms with Gasteiger partial charge in [0.2, 0.25) is 0 Å². The summed E-state index contributed by atoms with van der Waals surface area (Å²) in [5.41, 5.74) is 2.11. The highest BCUT2D eigenvalue weighted by atomic mass is 15.5. The monoisotopic (exact) mass is 267 g/mol. The van der Waals surface area contributed by atoms with E-state index in [1.807, 2.05) is 12.1 Å². The zero-order chi connectivity index (χ0) is 13.4. The first-order chi connectivity index (χ1) is 9.88. The number of nitrogens with one attached hydrogen (secondary N) is 1. The van der Waals surface area contributed by atoms with Gasteiger partial charge in [0.05, 0.1) is 5.69 Å². The largest absolute Gasteiger partial charge is 0.385 e. The average molecular weight is 267 g/mol. The van der Waals surface area contributed by atoms with Gasteiger partial charge in [0.1, 0.15) is 6.33 Å². The number of tetrazole rings is 1. The van der Waals surface area contributed by atoms with Gasteiger partial charge in [-0.3, -0.25) is 0 Å². The van der Waals surface area contributed by atoms with Crippen LogP contribution in [0.4, 0.5) is 5.69 Å². The van der Waals surface area contributed by atoms with E-state index in [9.17, 15) is 0 Å². The molecule has 5 nitrogen and oxygen atoms in total. The van der Waals surface area contributed by atoms with Crippen LogP contribution in [0.5, 0.6) is 0 Å². The van der Waals surface area contributed by atoms with Crippen molar-refractivity contribution >= 4 is 5.69 Å². The summed E-state index contributed by atoms with van der Waals surface area (Å²) in [4.78, 5) is 0. The van der Waals surface area contributed by atoms with Crippen LogP contribution >= 0.6 is 0 Å². The van der Waals surface area contributed by atoms with E-state index < -0.39 is 0 Å². The van der Waals surface area contributed by atoms with Crippen LogP contribution in [0, 0.1) is 17.8 Å². The van der Waals surface area contributed by atoms with Gasteiger partial charge in [-0.15, -0.1) is 5.10 Å². The Morgan fingerprint density at radius 1 is 1.25 bits per heavy atom. The summed E-state index contributed by atoms with van der Waals surface area (Å²) >= 11 is 0. The molecule has 102 valence electrons. The van der Waals surface area contributed by atoms with Gasteiger partial charge in [0.15, 0.2) is 0 Å². The number of allylic oxidation sites excluding steroid dienone is 2. The molecule has 2 aromatic rings. The Balaban J connectivity index is 1.44. The standard InChI is InChI=1S/C15H17N5/c1-2-14(8-15(3-1)20-10-17-18-19-20)16-9-13-7-11-4-5-12(13)6-11/h1-5,8,10-13,16H,6-7,9H2. The number of fused-ring (bicyclic) bond motifs is 2. The first-order valence-corrected chi connectivity index (χ1v) is 7.14. The number of hydrogen-bond donors (Lipinski definition) is 1. The lowest BCUT2D eigenvalue weighted by molar-refractivity contribution is 0.472. The summed E-state index contributed by atoms with van der Waals surface area (Å²) in [7, 11) is 0. The molecule has 1 N–H and O–H groups in total. The first-order valence-electron chi connectivity index (χ1n) is 7.14. The Kier molecular flexibility index (Phi) is 2.76. The van der Waals surface area contributed by atoms with Crippen molar-refractivity contribution in [3.05, 3.63) is 42.7 Å². The predicted molar refractivity (Wildman–Crippen MR) is 76.5 cm³/mol. The molecule has 1 aromatic heterocycles. The minimum atomic E-state index is 0.779. The SMILES string of the molecule is C1=CC2CC1CC2CNc1cccc(-n2cnnn2)c1. The molecule has 5 heteroatoms. The summed E-state index contributed by atoms with van der Waals surface area (Å²) in [6, 6.07) is 8.21. The van der Waals surface area contributed by atoms with Gasteiger partial charge in [-0.2, -0.15) is 0 Å². The van der Waals surface area contributed by atoms with Gasteiger partial charge in [-0.25, -0.2) is 4.68 Å². The molecule has 0 spiro atoms. The smallest absolute Gasteiger partial charge is 0.143 e. The van der Waals surface area contributed by atoms with Gasteiger partial charge >= 0.3 is 0 Å². The van der Waals surface area contributed by atoms with Gasteiger partial charge in [-0.1, -0.05) is 18.2 Å². The van der Waals surface area contributed by atoms with E-state index in [0.29, 0.717) is 0 Å². The molecule has 4 rings (SSSR count). The van der Waals surface area contributed by atoms with Crippen molar-refractivity contribution in [2.24, 2.45) is 17.8 Å². The lowest BCUT2D eigenvalue weighted by Crippen LogP contribution is -2.18. The topological polar surface area (TPSA) is 55.6 Å². The van der Waals surface area contributed by atoms with E-state index in [-0.39, 0.29) is 0 Å². The molecule has 1 fully saturated rings. The molecule has 3 atom stereocenters. The maximum atomic E-state index is 3.91. The Labute approximate surface area is 117 Å². The van der Waals surface area contributed by atoms with Crippen molar-refractivity contribution in [3.63, 3.8) is 0 Å². The zero-order valence-corrected chi connectivity index (χ0v) is 11.2. The van der Waals surface area contributed by atoms with E-state index in [2.05, 4.69) is 45.1 Å². The number of nitrogens with zero attached hydrogens (tertiary/aromatic N) is 4. The van der Waals surface area contributed by atoms with Crippen molar-refractivity contribution in [2.45, 2.75) is 12.8 Å².